The Balaban J connectivity index is 2.49. The van der Waals surface area contributed by atoms with Crippen LogP contribution in [0.1, 0.15) is 19.8 Å². The summed E-state index contributed by atoms with van der Waals surface area (Å²) in [6.45, 7) is 2.67. The number of aromatic hydroxyl groups is 1. The van der Waals surface area contributed by atoms with Crippen LogP contribution in [0.5, 0.6) is 5.75 Å². The van der Waals surface area contributed by atoms with Crippen LogP contribution in [-0.4, -0.2) is 17.7 Å². The lowest BCUT2D eigenvalue weighted by Crippen LogP contribution is -2.29. The van der Waals surface area contributed by atoms with Gasteiger partial charge in [-0.25, -0.2) is 4.79 Å². The van der Waals surface area contributed by atoms with Crippen molar-refractivity contribution in [3.8, 4) is 5.75 Å². The van der Waals surface area contributed by atoms with Gasteiger partial charge >= 0.3 is 6.03 Å². The van der Waals surface area contributed by atoms with Gasteiger partial charge in [0.05, 0.1) is 5.69 Å². The van der Waals surface area contributed by atoms with E-state index in [2.05, 4.69) is 10.6 Å². The van der Waals surface area contributed by atoms with Crippen LogP contribution in [0, 0.1) is 0 Å². The summed E-state index contributed by atoms with van der Waals surface area (Å²) in [5, 5.41) is 15.1. The molecule has 88 valence electrons. The second-order valence-electron chi connectivity index (χ2n) is 3.40. The molecule has 0 aliphatic rings. The van der Waals surface area contributed by atoms with Crippen LogP contribution in [-0.2, 0) is 0 Å². The molecule has 0 saturated heterocycles. The summed E-state index contributed by atoms with van der Waals surface area (Å²) in [5.74, 6) is -0.0434. The maximum absolute atomic E-state index is 11.4. The number of urea groups is 1. The van der Waals surface area contributed by atoms with Gasteiger partial charge in [0, 0.05) is 17.6 Å². The Kier molecular flexibility index (Phi) is 4.92. The van der Waals surface area contributed by atoms with Gasteiger partial charge in [0.1, 0.15) is 5.75 Å². The van der Waals surface area contributed by atoms with Gasteiger partial charge in [-0.15, -0.1) is 0 Å². The summed E-state index contributed by atoms with van der Waals surface area (Å²) in [6, 6.07) is 4.20. The minimum Gasteiger partial charge on any atom is -0.506 e. The summed E-state index contributed by atoms with van der Waals surface area (Å²) in [7, 11) is 0. The van der Waals surface area contributed by atoms with Crippen LogP contribution < -0.4 is 10.6 Å². The van der Waals surface area contributed by atoms with Gasteiger partial charge in [-0.3, -0.25) is 0 Å². The number of nitrogens with one attached hydrogen (secondary N) is 2. The van der Waals surface area contributed by atoms with Gasteiger partial charge in [-0.1, -0.05) is 24.9 Å². The molecule has 4 nitrogen and oxygen atoms in total. The van der Waals surface area contributed by atoms with Crippen LogP contribution in [0.3, 0.4) is 0 Å². The Morgan fingerprint density at radius 1 is 1.50 bits per heavy atom. The predicted molar refractivity (Wildman–Crippen MR) is 65.0 cm³/mol. The summed E-state index contributed by atoms with van der Waals surface area (Å²) in [4.78, 5) is 11.4. The van der Waals surface area contributed by atoms with E-state index in [0.717, 1.165) is 12.8 Å². The highest BCUT2D eigenvalue weighted by atomic mass is 35.5. The lowest BCUT2D eigenvalue weighted by molar-refractivity contribution is 0.252. The fourth-order valence-electron chi connectivity index (χ4n) is 1.16. The number of anilines is 1. The van der Waals surface area contributed by atoms with E-state index in [1.54, 1.807) is 12.1 Å². The largest absolute Gasteiger partial charge is 0.506 e. The number of carbonyl (C=O) groups excluding carboxylic acids is 1. The number of hydrogen-bond acceptors (Lipinski definition) is 2. The highest BCUT2D eigenvalue weighted by Crippen LogP contribution is 2.26. The van der Waals surface area contributed by atoms with E-state index in [1.807, 2.05) is 6.92 Å². The topological polar surface area (TPSA) is 61.4 Å². The molecule has 16 heavy (non-hydrogen) atoms. The number of benzene rings is 1. The highest BCUT2D eigenvalue weighted by Gasteiger charge is 2.05. The first-order chi connectivity index (χ1) is 7.63. The molecule has 1 aromatic carbocycles. The van der Waals surface area contributed by atoms with Gasteiger partial charge in [-0.05, 0) is 18.6 Å². The minimum absolute atomic E-state index is 0.0434. The molecule has 2 amide bonds. The number of halogens is 1. The Hall–Kier alpha value is -1.42. The average molecular weight is 243 g/mol. The molecule has 0 aliphatic carbocycles. The number of hydrogen-bond donors (Lipinski definition) is 3. The lowest BCUT2D eigenvalue weighted by atomic mass is 10.3. The van der Waals surface area contributed by atoms with Crippen LogP contribution in [0.4, 0.5) is 10.5 Å². The van der Waals surface area contributed by atoms with E-state index in [1.165, 1.54) is 6.07 Å². The predicted octanol–water partition coefficient (Wildman–Crippen LogP) is 2.97. The zero-order valence-electron chi connectivity index (χ0n) is 9.09. The van der Waals surface area contributed by atoms with Crippen LogP contribution >= 0.6 is 11.6 Å². The van der Waals surface area contributed by atoms with Crippen LogP contribution in [0.25, 0.3) is 0 Å². The molecule has 0 saturated carbocycles. The third-order valence-electron chi connectivity index (χ3n) is 2.02. The van der Waals surface area contributed by atoms with Crippen LogP contribution in [0.15, 0.2) is 18.2 Å². The van der Waals surface area contributed by atoms with E-state index in [-0.39, 0.29) is 11.8 Å². The Morgan fingerprint density at radius 2 is 2.25 bits per heavy atom. The van der Waals surface area contributed by atoms with Gasteiger partial charge in [0.25, 0.3) is 0 Å². The number of phenolic OH excluding ortho intramolecular Hbond substituents is 1. The molecular formula is C11H15ClN2O2. The summed E-state index contributed by atoms with van der Waals surface area (Å²) in [6.07, 6.45) is 1.95. The van der Waals surface area contributed by atoms with Crippen molar-refractivity contribution < 1.29 is 9.90 Å². The molecular weight excluding hydrogens is 228 g/mol. The molecule has 0 fully saturated rings. The number of carbonyl (C=O) groups is 1. The quantitative estimate of drug-likeness (QED) is 0.562. The molecule has 5 heteroatoms. The molecule has 3 N–H and O–H groups in total. The number of rotatable bonds is 4. The second-order valence-corrected chi connectivity index (χ2v) is 3.83. The van der Waals surface area contributed by atoms with E-state index >= 15 is 0 Å². The molecule has 0 atom stereocenters. The normalized spacial score (nSPS) is 9.88. The SMILES string of the molecule is CCCCNC(=O)Nc1ccc(Cl)cc1O. The fourth-order valence-corrected chi connectivity index (χ4v) is 1.32. The van der Waals surface area contributed by atoms with E-state index < -0.39 is 0 Å². The van der Waals surface area contributed by atoms with E-state index in [4.69, 9.17) is 11.6 Å². The average Bonchev–Trinajstić information content (AvgIpc) is 2.23. The molecule has 0 spiro atoms. The van der Waals surface area contributed by atoms with Gasteiger partial charge in [-0.2, -0.15) is 0 Å². The third-order valence-corrected chi connectivity index (χ3v) is 2.26. The van der Waals surface area contributed by atoms with Crippen LogP contribution in [0.2, 0.25) is 5.02 Å². The van der Waals surface area contributed by atoms with Crippen molar-refractivity contribution in [1.29, 1.82) is 0 Å². The Morgan fingerprint density at radius 3 is 2.88 bits per heavy atom. The maximum Gasteiger partial charge on any atom is 0.319 e. The molecule has 1 aromatic rings. The molecule has 0 bridgehead atoms. The zero-order chi connectivity index (χ0) is 12.0. The van der Waals surface area contributed by atoms with Gasteiger partial charge in [0.15, 0.2) is 0 Å². The smallest absolute Gasteiger partial charge is 0.319 e. The van der Waals surface area contributed by atoms with Gasteiger partial charge < -0.3 is 15.7 Å². The standard InChI is InChI=1S/C11H15ClN2O2/c1-2-3-6-13-11(16)14-9-5-4-8(12)7-10(9)15/h4-5,7,15H,2-3,6H2,1H3,(H2,13,14,16). The molecule has 0 aliphatic heterocycles. The first kappa shape index (κ1) is 12.6. The number of phenols is 1. The molecule has 0 heterocycles. The monoisotopic (exact) mass is 242 g/mol. The second kappa shape index (κ2) is 6.23. The number of unbranched alkanes of at least 4 members (excludes halogenated alkanes) is 1. The zero-order valence-corrected chi connectivity index (χ0v) is 9.84. The summed E-state index contributed by atoms with van der Waals surface area (Å²) >= 11 is 5.67. The molecule has 0 unspecified atom stereocenters. The Bertz CT molecular complexity index is 369. The first-order valence-electron chi connectivity index (χ1n) is 5.17. The van der Waals surface area contributed by atoms with Crippen molar-refractivity contribution in [2.45, 2.75) is 19.8 Å². The summed E-state index contributed by atoms with van der Waals surface area (Å²) in [5.41, 5.74) is 0.346. The van der Waals surface area contributed by atoms with Crippen molar-refractivity contribution in [2.24, 2.45) is 0 Å². The number of amides is 2. The Labute approximate surface area is 99.6 Å². The molecule has 0 aromatic heterocycles. The first-order valence-corrected chi connectivity index (χ1v) is 5.54. The lowest BCUT2D eigenvalue weighted by Gasteiger charge is -2.08. The van der Waals surface area contributed by atoms with Gasteiger partial charge in [0.2, 0.25) is 0 Å². The summed E-state index contributed by atoms with van der Waals surface area (Å²) < 4.78 is 0. The van der Waals surface area contributed by atoms with Crippen molar-refractivity contribution in [1.82, 2.24) is 5.32 Å². The van der Waals surface area contributed by atoms with E-state index in [0.29, 0.717) is 17.3 Å². The van der Waals surface area contributed by atoms with E-state index in [9.17, 15) is 9.90 Å². The van der Waals surface area contributed by atoms with Crippen molar-refractivity contribution >= 4 is 23.3 Å². The third kappa shape index (κ3) is 3.98. The molecule has 0 radical (unpaired) electrons. The molecule has 1 rings (SSSR count). The maximum atomic E-state index is 11.4. The van der Waals surface area contributed by atoms with Crippen molar-refractivity contribution in [3.05, 3.63) is 23.2 Å². The highest BCUT2D eigenvalue weighted by molar-refractivity contribution is 6.30. The van der Waals surface area contributed by atoms with Crippen molar-refractivity contribution in [2.75, 3.05) is 11.9 Å². The minimum atomic E-state index is -0.328. The van der Waals surface area contributed by atoms with Crippen molar-refractivity contribution in [3.63, 3.8) is 0 Å². The fraction of sp³-hybridized carbons (Fsp3) is 0.364.